The van der Waals surface area contributed by atoms with E-state index in [2.05, 4.69) is 47.8 Å². The average molecular weight is 663 g/mol. The minimum absolute atomic E-state index is 0.0584. The van der Waals surface area contributed by atoms with Crippen LogP contribution in [0.4, 0.5) is 11.4 Å². The fourth-order valence-corrected chi connectivity index (χ4v) is 10.7. The fourth-order valence-electron chi connectivity index (χ4n) is 7.10. The van der Waals surface area contributed by atoms with E-state index >= 15 is 0 Å². The molecular weight excluding hydrogens is 618 g/mol. The number of halogens is 1. The summed E-state index contributed by atoms with van der Waals surface area (Å²) in [6, 6.07) is 6.47. The number of carbonyl (C=O) groups excluding carboxylic acids is 3. The van der Waals surface area contributed by atoms with Gasteiger partial charge in [0.05, 0.1) is 29.2 Å². The van der Waals surface area contributed by atoms with Crippen molar-refractivity contribution < 1.29 is 24.2 Å². The molecule has 1 aromatic carbocycles. The topological polar surface area (TPSA) is 90.4 Å². The lowest BCUT2D eigenvalue weighted by atomic mass is 9.71. The van der Waals surface area contributed by atoms with Crippen LogP contribution in [0, 0.1) is 17.8 Å². The zero-order valence-electron chi connectivity index (χ0n) is 25.1. The number of amides is 2. The second-order valence-corrected chi connectivity index (χ2v) is 14.4. The Bertz CT molecular complexity index is 1180. The van der Waals surface area contributed by atoms with Crippen LogP contribution in [-0.4, -0.2) is 87.5 Å². The van der Waals surface area contributed by atoms with Crippen LogP contribution < -0.4 is 9.80 Å². The maximum atomic E-state index is 14.8. The predicted octanol–water partition coefficient (Wildman–Crippen LogP) is 4.65. The molecule has 2 bridgehead atoms. The maximum Gasteiger partial charge on any atom is 0.311 e. The van der Waals surface area contributed by atoms with Crippen molar-refractivity contribution in [3.63, 3.8) is 0 Å². The van der Waals surface area contributed by atoms with Crippen molar-refractivity contribution in [2.75, 3.05) is 42.6 Å². The summed E-state index contributed by atoms with van der Waals surface area (Å²) in [5.74, 6) is -2.15. The smallest absolute Gasteiger partial charge is 0.311 e. The zero-order chi connectivity index (χ0) is 30.8. The lowest BCUT2D eigenvalue weighted by Gasteiger charge is -2.40. The Morgan fingerprint density at radius 2 is 1.83 bits per heavy atom. The normalized spacial score (nSPS) is 28.5. The SMILES string of the molecule is C=CCOC(=O)[C@H]1[C@H]2C(=O)N([C@@H](CO)CC(C)C)C(C(=O)N(CC=C)c3ccc(N(CC)CC)cc3)C23CC(Br)[C@@H]1S3. The molecule has 0 saturated carbocycles. The van der Waals surface area contributed by atoms with Gasteiger partial charge in [-0.15, -0.1) is 18.3 Å². The first-order chi connectivity index (χ1) is 20.1. The number of thioether (sulfide) groups is 1. The van der Waals surface area contributed by atoms with Gasteiger partial charge in [-0.1, -0.05) is 48.5 Å². The largest absolute Gasteiger partial charge is 0.461 e. The number of fused-ring (bicyclic) bond motifs is 1. The first-order valence-electron chi connectivity index (χ1n) is 14.9. The molecule has 3 aliphatic rings. The summed E-state index contributed by atoms with van der Waals surface area (Å²) < 4.78 is 4.65. The number of aliphatic hydroxyl groups excluding tert-OH is 1. The van der Waals surface area contributed by atoms with Crippen molar-refractivity contribution >= 4 is 56.9 Å². The minimum Gasteiger partial charge on any atom is -0.461 e. The van der Waals surface area contributed by atoms with E-state index in [1.165, 1.54) is 6.08 Å². The van der Waals surface area contributed by atoms with E-state index in [0.29, 0.717) is 18.5 Å². The van der Waals surface area contributed by atoms with Crippen molar-refractivity contribution in [1.82, 2.24) is 4.90 Å². The van der Waals surface area contributed by atoms with Crippen molar-refractivity contribution in [2.24, 2.45) is 17.8 Å². The summed E-state index contributed by atoms with van der Waals surface area (Å²) in [5, 5.41) is 10.4. The molecule has 1 N–H and O–H groups in total. The number of rotatable bonds is 14. The van der Waals surface area contributed by atoms with E-state index in [1.807, 2.05) is 38.1 Å². The second kappa shape index (κ2) is 13.6. The molecule has 4 rings (SSSR count). The Morgan fingerprint density at radius 3 is 2.38 bits per heavy atom. The zero-order valence-corrected chi connectivity index (χ0v) is 27.5. The first-order valence-corrected chi connectivity index (χ1v) is 16.7. The molecule has 3 unspecified atom stereocenters. The standard InChI is InChI=1S/C32H44BrN3O5S/c1-7-15-35(22-13-11-21(12-14-22)34(9-3)10-4)30(39)28-32-18-24(33)27(42-32)25(31(40)41-16-8-2)26(32)29(38)36(28)23(19-37)17-20(5)6/h7-8,11-14,20,23-28,37H,1-2,9-10,15-19H2,3-6H3/t23-,24?,25+,26+,27+,28?,32?/m1/s1. The molecule has 0 aromatic heterocycles. The molecule has 3 heterocycles. The van der Waals surface area contributed by atoms with Crippen LogP contribution in [0.3, 0.4) is 0 Å². The number of alkyl halides is 1. The number of carbonyl (C=O) groups is 3. The van der Waals surface area contributed by atoms with Crippen LogP contribution in [0.15, 0.2) is 49.6 Å². The van der Waals surface area contributed by atoms with Gasteiger partial charge >= 0.3 is 5.97 Å². The highest BCUT2D eigenvalue weighted by atomic mass is 79.9. The molecule has 0 aliphatic carbocycles. The highest BCUT2D eigenvalue weighted by molar-refractivity contribution is 9.09. The Morgan fingerprint density at radius 1 is 1.19 bits per heavy atom. The molecule has 3 fully saturated rings. The number of nitrogens with zero attached hydrogens (tertiary/aromatic N) is 3. The van der Waals surface area contributed by atoms with E-state index in [-0.39, 0.29) is 47.6 Å². The van der Waals surface area contributed by atoms with Crippen LogP contribution in [0.5, 0.6) is 0 Å². The number of hydrogen-bond donors (Lipinski definition) is 1. The van der Waals surface area contributed by atoms with E-state index in [9.17, 15) is 19.5 Å². The van der Waals surface area contributed by atoms with Gasteiger partial charge in [-0.3, -0.25) is 14.4 Å². The number of ether oxygens (including phenoxy) is 1. The summed E-state index contributed by atoms with van der Waals surface area (Å²) in [7, 11) is 0. The van der Waals surface area contributed by atoms with Gasteiger partial charge < -0.3 is 24.5 Å². The fraction of sp³-hybridized carbons (Fsp3) is 0.594. The summed E-state index contributed by atoms with van der Waals surface area (Å²) in [5.41, 5.74) is 1.78. The summed E-state index contributed by atoms with van der Waals surface area (Å²) in [6.45, 7) is 17.6. The molecule has 0 radical (unpaired) electrons. The number of likely N-dealkylation sites (tertiary alicyclic amines) is 1. The maximum absolute atomic E-state index is 14.8. The average Bonchev–Trinajstić information content (AvgIpc) is 3.57. The molecule has 8 nitrogen and oxygen atoms in total. The number of anilines is 2. The third kappa shape index (κ3) is 5.66. The van der Waals surface area contributed by atoms with Crippen LogP contribution in [0.25, 0.3) is 0 Å². The van der Waals surface area contributed by atoms with E-state index in [1.54, 1.807) is 27.6 Å². The molecule has 10 heteroatoms. The molecule has 42 heavy (non-hydrogen) atoms. The molecule has 3 aliphatic heterocycles. The van der Waals surface area contributed by atoms with Crippen LogP contribution in [-0.2, 0) is 19.1 Å². The monoisotopic (exact) mass is 661 g/mol. The third-order valence-corrected chi connectivity index (χ3v) is 12.0. The van der Waals surface area contributed by atoms with Gasteiger partial charge in [-0.2, -0.15) is 0 Å². The Kier molecular flexibility index (Phi) is 10.5. The summed E-state index contributed by atoms with van der Waals surface area (Å²) >= 11 is 5.35. The Labute approximate surface area is 262 Å². The van der Waals surface area contributed by atoms with Gasteiger partial charge in [0.25, 0.3) is 5.91 Å². The minimum atomic E-state index is -0.861. The molecule has 3 saturated heterocycles. The molecule has 1 aromatic rings. The lowest BCUT2D eigenvalue weighted by molar-refractivity contribution is -0.153. The van der Waals surface area contributed by atoms with Gasteiger partial charge in [0, 0.05) is 41.1 Å². The lowest BCUT2D eigenvalue weighted by Crippen LogP contribution is -2.58. The van der Waals surface area contributed by atoms with E-state index < -0.39 is 34.6 Å². The predicted molar refractivity (Wildman–Crippen MR) is 173 cm³/mol. The quantitative estimate of drug-likeness (QED) is 0.176. The Hall–Kier alpha value is -2.30. The van der Waals surface area contributed by atoms with Gasteiger partial charge in [0.15, 0.2) is 0 Å². The summed E-state index contributed by atoms with van der Waals surface area (Å²) in [4.78, 5) is 48.1. The number of aliphatic hydroxyl groups is 1. The highest BCUT2D eigenvalue weighted by Gasteiger charge is 2.76. The molecular formula is C32H44BrN3O5S. The number of benzene rings is 1. The van der Waals surface area contributed by atoms with Crippen molar-refractivity contribution in [1.29, 1.82) is 0 Å². The van der Waals surface area contributed by atoms with Crippen molar-refractivity contribution in [3.05, 3.63) is 49.6 Å². The number of esters is 1. The Balaban J connectivity index is 1.80. The molecule has 7 atom stereocenters. The van der Waals surface area contributed by atoms with Gasteiger partial charge in [0.1, 0.15) is 12.6 Å². The summed E-state index contributed by atoms with van der Waals surface area (Å²) in [6.07, 6.45) is 4.29. The van der Waals surface area contributed by atoms with Crippen LogP contribution >= 0.6 is 27.7 Å². The van der Waals surface area contributed by atoms with Crippen LogP contribution in [0.1, 0.15) is 40.5 Å². The van der Waals surface area contributed by atoms with Gasteiger partial charge in [-0.25, -0.2) is 0 Å². The highest BCUT2D eigenvalue weighted by Crippen LogP contribution is 2.68. The molecule has 1 spiro atoms. The molecule has 230 valence electrons. The second-order valence-electron chi connectivity index (χ2n) is 11.7. The van der Waals surface area contributed by atoms with Crippen molar-refractivity contribution in [2.45, 2.75) is 67.4 Å². The van der Waals surface area contributed by atoms with Crippen LogP contribution in [0.2, 0.25) is 0 Å². The number of hydrogen-bond acceptors (Lipinski definition) is 7. The van der Waals surface area contributed by atoms with Gasteiger partial charge in [0.2, 0.25) is 5.91 Å². The third-order valence-electron chi connectivity index (χ3n) is 8.79. The molecule has 2 amide bonds. The first kappa shape index (κ1) is 32.6. The van der Waals surface area contributed by atoms with Crippen molar-refractivity contribution in [3.8, 4) is 0 Å². The van der Waals surface area contributed by atoms with E-state index in [0.717, 1.165) is 18.8 Å². The van der Waals surface area contributed by atoms with E-state index in [4.69, 9.17) is 4.74 Å². The van der Waals surface area contributed by atoms with Gasteiger partial charge in [-0.05, 0) is 56.9 Å².